The third kappa shape index (κ3) is 2.59. The first-order valence-electron chi connectivity index (χ1n) is 4.39. The van der Waals surface area contributed by atoms with Gasteiger partial charge in [-0.3, -0.25) is 14.2 Å². The topological polar surface area (TPSA) is 65.9 Å². The van der Waals surface area contributed by atoms with Crippen LogP contribution >= 0.6 is 0 Å². The summed E-state index contributed by atoms with van der Waals surface area (Å²) in [5, 5.41) is -0.438. The Labute approximate surface area is 86.1 Å². The van der Waals surface area contributed by atoms with Gasteiger partial charge >= 0.3 is 0 Å². The van der Waals surface area contributed by atoms with Gasteiger partial charge in [0.15, 0.2) is 0 Å². The van der Waals surface area contributed by atoms with E-state index in [2.05, 4.69) is 9.97 Å². The van der Waals surface area contributed by atoms with E-state index in [1.807, 2.05) is 13.8 Å². The lowest BCUT2D eigenvalue weighted by Crippen LogP contribution is -2.19. The minimum absolute atomic E-state index is 0.124. The van der Waals surface area contributed by atoms with Crippen molar-refractivity contribution < 1.29 is 8.76 Å². The lowest BCUT2D eigenvalue weighted by molar-refractivity contribution is 0.513. The Morgan fingerprint density at radius 2 is 2.00 bits per heavy atom. The molecule has 0 aromatic carbocycles. The van der Waals surface area contributed by atoms with Crippen LogP contribution in [-0.2, 0) is 11.1 Å². The molecule has 0 radical (unpaired) electrons. The third-order valence-electron chi connectivity index (χ3n) is 2.28. The van der Waals surface area contributed by atoms with E-state index >= 15 is 0 Å². The van der Waals surface area contributed by atoms with E-state index in [1.54, 1.807) is 19.3 Å². The predicted octanol–water partition coefficient (Wildman–Crippen LogP) is 1.16. The number of hydrogen-bond acceptors (Lipinski definition) is 4. The highest BCUT2D eigenvalue weighted by molar-refractivity contribution is 7.79. The monoisotopic (exact) mass is 213 g/mol. The molecule has 0 aliphatic heterocycles. The fourth-order valence-electron chi connectivity index (χ4n) is 1.04. The SMILES string of the molecule is Cc1cnc([C@H](C)[C@@H](C)S(=O)[O-])cn1. The Hall–Kier alpha value is -0.810. The normalized spacial score (nSPS) is 17.4. The summed E-state index contributed by atoms with van der Waals surface area (Å²) in [6.07, 6.45) is 3.27. The van der Waals surface area contributed by atoms with E-state index in [1.165, 1.54) is 0 Å². The van der Waals surface area contributed by atoms with Gasteiger partial charge in [-0.1, -0.05) is 24.9 Å². The molecule has 0 aliphatic rings. The quantitative estimate of drug-likeness (QED) is 0.706. The van der Waals surface area contributed by atoms with Crippen LogP contribution < -0.4 is 0 Å². The molecule has 1 heterocycles. The summed E-state index contributed by atoms with van der Waals surface area (Å²) in [4.78, 5) is 8.22. The molecule has 0 spiro atoms. The van der Waals surface area contributed by atoms with Gasteiger partial charge in [-0.25, -0.2) is 0 Å². The largest absolute Gasteiger partial charge is 0.772 e. The van der Waals surface area contributed by atoms with Crippen molar-refractivity contribution in [2.75, 3.05) is 0 Å². The molecule has 78 valence electrons. The Bertz CT molecular complexity index is 326. The maximum absolute atomic E-state index is 10.7. The van der Waals surface area contributed by atoms with Crippen LogP contribution in [-0.4, -0.2) is 24.0 Å². The van der Waals surface area contributed by atoms with Crippen LogP contribution in [0.1, 0.15) is 31.2 Å². The minimum Gasteiger partial charge on any atom is -0.772 e. The predicted molar refractivity (Wildman–Crippen MR) is 53.6 cm³/mol. The molecule has 1 rings (SSSR count). The minimum atomic E-state index is -2.06. The lowest BCUT2D eigenvalue weighted by atomic mass is 10.1. The van der Waals surface area contributed by atoms with Crippen LogP contribution in [0.15, 0.2) is 12.4 Å². The van der Waals surface area contributed by atoms with Gasteiger partial charge in [0.2, 0.25) is 0 Å². The highest BCUT2D eigenvalue weighted by Gasteiger charge is 2.16. The zero-order valence-electron chi connectivity index (χ0n) is 8.43. The number of aryl methyl sites for hydroxylation is 1. The van der Waals surface area contributed by atoms with Crippen molar-refractivity contribution in [2.24, 2.45) is 0 Å². The lowest BCUT2D eigenvalue weighted by Gasteiger charge is -2.21. The second kappa shape index (κ2) is 4.61. The first kappa shape index (κ1) is 11.3. The second-order valence-corrected chi connectivity index (χ2v) is 4.60. The molecule has 0 bridgehead atoms. The molecule has 0 fully saturated rings. The van der Waals surface area contributed by atoms with Crippen LogP contribution in [0.5, 0.6) is 0 Å². The smallest absolute Gasteiger partial charge is 0.0626 e. The van der Waals surface area contributed by atoms with E-state index in [4.69, 9.17) is 0 Å². The molecule has 0 amide bonds. The Balaban J connectivity index is 2.84. The van der Waals surface area contributed by atoms with Crippen molar-refractivity contribution in [3.05, 3.63) is 23.8 Å². The molecule has 0 saturated carbocycles. The van der Waals surface area contributed by atoms with E-state index in [0.29, 0.717) is 5.69 Å². The fourth-order valence-corrected chi connectivity index (χ4v) is 1.52. The third-order valence-corrected chi connectivity index (χ3v) is 3.29. The van der Waals surface area contributed by atoms with Crippen molar-refractivity contribution in [2.45, 2.75) is 31.9 Å². The van der Waals surface area contributed by atoms with Crippen molar-refractivity contribution in [3.8, 4) is 0 Å². The summed E-state index contributed by atoms with van der Waals surface area (Å²) in [6.45, 7) is 5.34. The van der Waals surface area contributed by atoms with Gasteiger partial charge in [-0.2, -0.15) is 0 Å². The van der Waals surface area contributed by atoms with E-state index in [9.17, 15) is 8.76 Å². The average molecular weight is 213 g/mol. The second-order valence-electron chi connectivity index (χ2n) is 3.34. The van der Waals surface area contributed by atoms with Gasteiger partial charge < -0.3 is 4.55 Å². The van der Waals surface area contributed by atoms with E-state index < -0.39 is 16.3 Å². The Kier molecular flexibility index (Phi) is 3.71. The van der Waals surface area contributed by atoms with Gasteiger partial charge in [0.25, 0.3) is 0 Å². The highest BCUT2D eigenvalue weighted by atomic mass is 32.2. The molecule has 0 N–H and O–H groups in total. The summed E-state index contributed by atoms with van der Waals surface area (Å²) in [5.41, 5.74) is 1.55. The van der Waals surface area contributed by atoms with Crippen LogP contribution in [0.25, 0.3) is 0 Å². The molecule has 5 heteroatoms. The number of aromatic nitrogens is 2. The molecule has 1 aromatic heterocycles. The Morgan fingerprint density at radius 1 is 1.36 bits per heavy atom. The first-order chi connectivity index (χ1) is 6.52. The highest BCUT2D eigenvalue weighted by Crippen LogP contribution is 2.19. The summed E-state index contributed by atoms with van der Waals surface area (Å²) >= 11 is -2.06. The molecule has 4 nitrogen and oxygen atoms in total. The molecular formula is C9H13N2O2S-. The van der Waals surface area contributed by atoms with Crippen molar-refractivity contribution >= 4 is 11.1 Å². The number of hydrogen-bond donors (Lipinski definition) is 0. The average Bonchev–Trinajstić information content (AvgIpc) is 2.16. The maximum Gasteiger partial charge on any atom is 0.0626 e. The molecule has 3 atom stereocenters. The summed E-state index contributed by atoms with van der Waals surface area (Å²) in [6, 6.07) is 0. The van der Waals surface area contributed by atoms with Gasteiger partial charge in [0.1, 0.15) is 0 Å². The first-order valence-corrected chi connectivity index (χ1v) is 5.52. The Morgan fingerprint density at radius 3 is 2.43 bits per heavy atom. The molecule has 1 aromatic rings. The summed E-state index contributed by atoms with van der Waals surface area (Å²) in [7, 11) is 0. The van der Waals surface area contributed by atoms with Gasteiger partial charge in [-0.05, 0) is 6.92 Å². The van der Waals surface area contributed by atoms with Crippen LogP contribution in [0.4, 0.5) is 0 Å². The number of rotatable bonds is 3. The van der Waals surface area contributed by atoms with E-state index in [0.717, 1.165) is 5.69 Å². The molecule has 1 unspecified atom stereocenters. The van der Waals surface area contributed by atoms with Gasteiger partial charge in [0, 0.05) is 23.6 Å². The van der Waals surface area contributed by atoms with Crippen LogP contribution in [0, 0.1) is 6.92 Å². The van der Waals surface area contributed by atoms with Crippen LogP contribution in [0.3, 0.4) is 0 Å². The molecular weight excluding hydrogens is 200 g/mol. The zero-order valence-corrected chi connectivity index (χ0v) is 9.25. The van der Waals surface area contributed by atoms with Crippen molar-refractivity contribution in [1.29, 1.82) is 0 Å². The zero-order chi connectivity index (χ0) is 10.7. The summed E-state index contributed by atoms with van der Waals surface area (Å²) < 4.78 is 21.5. The molecule has 0 saturated heterocycles. The summed E-state index contributed by atoms with van der Waals surface area (Å²) in [5.74, 6) is -0.124. The van der Waals surface area contributed by atoms with Gasteiger partial charge in [-0.15, -0.1) is 0 Å². The standard InChI is InChI=1S/C9H14N2O2S/c1-6-4-11-9(5-10-6)7(2)8(3)14(12)13/h4-5,7-8H,1-3H3,(H,12,13)/p-1/t7-,8-/m1/s1. The van der Waals surface area contributed by atoms with Gasteiger partial charge in [0.05, 0.1) is 11.4 Å². The van der Waals surface area contributed by atoms with Crippen molar-refractivity contribution in [3.63, 3.8) is 0 Å². The maximum atomic E-state index is 10.7. The molecule has 14 heavy (non-hydrogen) atoms. The van der Waals surface area contributed by atoms with Crippen molar-refractivity contribution in [1.82, 2.24) is 9.97 Å². The molecule has 0 aliphatic carbocycles. The van der Waals surface area contributed by atoms with Crippen LogP contribution in [0.2, 0.25) is 0 Å². The van der Waals surface area contributed by atoms with E-state index in [-0.39, 0.29) is 5.92 Å². The number of nitrogens with zero attached hydrogens (tertiary/aromatic N) is 2. The fraction of sp³-hybridized carbons (Fsp3) is 0.556.